The Morgan fingerprint density at radius 3 is 2.60 bits per heavy atom. The molecule has 0 aromatic heterocycles. The molecule has 104 valence electrons. The van der Waals surface area contributed by atoms with Crippen LogP contribution in [0.3, 0.4) is 0 Å². The van der Waals surface area contributed by atoms with Crippen LogP contribution >= 0.6 is 0 Å². The fourth-order valence-electron chi connectivity index (χ4n) is 3.21. The monoisotopic (exact) mass is 267 g/mol. The van der Waals surface area contributed by atoms with Crippen LogP contribution in [0.4, 0.5) is 0 Å². The third kappa shape index (κ3) is 2.62. The summed E-state index contributed by atoms with van der Waals surface area (Å²) in [6.07, 6.45) is 1.19. The molecule has 0 spiro atoms. The van der Waals surface area contributed by atoms with Crippen LogP contribution in [0.2, 0.25) is 0 Å². The number of benzene rings is 2. The molecular weight excluding hydrogens is 246 g/mol. The number of hydrogen-bond donors (Lipinski definition) is 1. The van der Waals surface area contributed by atoms with Crippen LogP contribution in [0.5, 0.6) is 0 Å². The van der Waals surface area contributed by atoms with E-state index < -0.39 is 0 Å². The average Bonchev–Trinajstić information content (AvgIpc) is 2.98. The summed E-state index contributed by atoms with van der Waals surface area (Å²) < 4.78 is 5.34. The molecule has 2 nitrogen and oxygen atoms in total. The van der Waals surface area contributed by atoms with Crippen LogP contribution < -0.4 is 5.32 Å². The summed E-state index contributed by atoms with van der Waals surface area (Å²) >= 11 is 0. The van der Waals surface area contributed by atoms with Gasteiger partial charge in [0.25, 0.3) is 0 Å². The van der Waals surface area contributed by atoms with Gasteiger partial charge in [-0.3, -0.25) is 0 Å². The Kier molecular flexibility index (Phi) is 4.14. The van der Waals surface area contributed by atoms with Crippen molar-refractivity contribution < 1.29 is 4.74 Å². The lowest BCUT2D eigenvalue weighted by molar-refractivity contribution is 0.183. The molecule has 1 aliphatic rings. The summed E-state index contributed by atoms with van der Waals surface area (Å²) in [6.45, 7) is 1.75. The maximum atomic E-state index is 5.34. The van der Waals surface area contributed by atoms with E-state index in [1.807, 2.05) is 0 Å². The molecule has 1 N–H and O–H groups in total. The van der Waals surface area contributed by atoms with Crippen molar-refractivity contribution >= 4 is 0 Å². The van der Waals surface area contributed by atoms with Gasteiger partial charge in [-0.2, -0.15) is 0 Å². The highest BCUT2D eigenvalue weighted by Gasteiger charge is 2.30. The molecule has 3 rings (SSSR count). The molecule has 2 atom stereocenters. The van der Waals surface area contributed by atoms with Gasteiger partial charge in [-0.25, -0.2) is 0 Å². The van der Waals surface area contributed by atoms with Crippen LogP contribution in [0, 0.1) is 0 Å². The van der Waals surface area contributed by atoms with E-state index in [0.29, 0.717) is 18.6 Å². The second kappa shape index (κ2) is 6.21. The van der Waals surface area contributed by atoms with Crippen LogP contribution in [0.1, 0.15) is 35.1 Å². The van der Waals surface area contributed by atoms with Crippen molar-refractivity contribution in [2.24, 2.45) is 0 Å². The Morgan fingerprint density at radius 2 is 1.80 bits per heavy atom. The second-order valence-corrected chi connectivity index (χ2v) is 5.37. The third-order valence-electron chi connectivity index (χ3n) is 4.14. The molecule has 0 saturated carbocycles. The van der Waals surface area contributed by atoms with E-state index in [1.165, 1.54) is 23.1 Å². The third-order valence-corrected chi connectivity index (χ3v) is 4.14. The van der Waals surface area contributed by atoms with Crippen molar-refractivity contribution in [3.8, 4) is 0 Å². The minimum atomic E-state index is 0.392. The molecule has 20 heavy (non-hydrogen) atoms. The molecule has 1 fully saturated rings. The zero-order valence-corrected chi connectivity index (χ0v) is 11.9. The van der Waals surface area contributed by atoms with Gasteiger partial charge < -0.3 is 10.1 Å². The van der Waals surface area contributed by atoms with E-state index in [4.69, 9.17) is 4.74 Å². The van der Waals surface area contributed by atoms with Crippen LogP contribution in [-0.4, -0.2) is 13.7 Å². The van der Waals surface area contributed by atoms with Crippen molar-refractivity contribution in [1.29, 1.82) is 0 Å². The fourth-order valence-corrected chi connectivity index (χ4v) is 3.21. The average molecular weight is 267 g/mol. The topological polar surface area (TPSA) is 21.3 Å². The SMILES string of the molecule is COCc1ccccc1C1NCCC1c1ccccc1. The molecule has 0 aliphatic carbocycles. The molecule has 1 heterocycles. The van der Waals surface area contributed by atoms with Crippen LogP contribution in [0.15, 0.2) is 54.6 Å². The molecule has 0 radical (unpaired) electrons. The number of nitrogens with one attached hydrogen (secondary N) is 1. The smallest absolute Gasteiger partial charge is 0.0716 e. The van der Waals surface area contributed by atoms with Gasteiger partial charge in [0.05, 0.1) is 6.61 Å². The van der Waals surface area contributed by atoms with Crippen molar-refractivity contribution in [3.63, 3.8) is 0 Å². The van der Waals surface area contributed by atoms with E-state index in [2.05, 4.69) is 59.9 Å². The first-order valence-corrected chi connectivity index (χ1v) is 7.25. The molecule has 2 aromatic carbocycles. The lowest BCUT2D eigenvalue weighted by atomic mass is 9.86. The Morgan fingerprint density at radius 1 is 1.05 bits per heavy atom. The van der Waals surface area contributed by atoms with Gasteiger partial charge in [-0.1, -0.05) is 54.6 Å². The highest BCUT2D eigenvalue weighted by Crippen LogP contribution is 2.38. The minimum Gasteiger partial charge on any atom is -0.380 e. The molecule has 0 amide bonds. The summed E-state index contributed by atoms with van der Waals surface area (Å²) in [4.78, 5) is 0. The van der Waals surface area contributed by atoms with E-state index in [-0.39, 0.29) is 0 Å². The molecule has 1 aliphatic heterocycles. The molecule has 2 unspecified atom stereocenters. The maximum Gasteiger partial charge on any atom is 0.0716 e. The quantitative estimate of drug-likeness (QED) is 0.913. The van der Waals surface area contributed by atoms with Crippen molar-refractivity contribution in [2.75, 3.05) is 13.7 Å². The number of ether oxygens (including phenoxy) is 1. The summed E-state index contributed by atoms with van der Waals surface area (Å²) in [5, 5.41) is 3.66. The highest BCUT2D eigenvalue weighted by atomic mass is 16.5. The maximum absolute atomic E-state index is 5.34. The predicted molar refractivity (Wildman–Crippen MR) is 81.7 cm³/mol. The largest absolute Gasteiger partial charge is 0.380 e. The van der Waals surface area contributed by atoms with Crippen molar-refractivity contribution in [2.45, 2.75) is 25.0 Å². The highest BCUT2D eigenvalue weighted by molar-refractivity contribution is 5.35. The van der Waals surface area contributed by atoms with Gasteiger partial charge in [0.1, 0.15) is 0 Å². The van der Waals surface area contributed by atoms with E-state index >= 15 is 0 Å². The lowest BCUT2D eigenvalue weighted by Crippen LogP contribution is -2.18. The molecule has 2 heteroatoms. The molecular formula is C18H21NO. The van der Waals surface area contributed by atoms with Gasteiger partial charge in [0.2, 0.25) is 0 Å². The van der Waals surface area contributed by atoms with E-state index in [1.54, 1.807) is 7.11 Å². The first-order chi connectivity index (χ1) is 9.90. The molecule has 2 aromatic rings. The van der Waals surface area contributed by atoms with E-state index in [9.17, 15) is 0 Å². The van der Waals surface area contributed by atoms with Gasteiger partial charge in [0.15, 0.2) is 0 Å². The Labute approximate surface area is 120 Å². The lowest BCUT2D eigenvalue weighted by Gasteiger charge is -2.23. The summed E-state index contributed by atoms with van der Waals surface area (Å²) in [6, 6.07) is 19.8. The van der Waals surface area contributed by atoms with Crippen LogP contribution in [-0.2, 0) is 11.3 Å². The summed E-state index contributed by atoms with van der Waals surface area (Å²) in [5.41, 5.74) is 4.09. The van der Waals surface area contributed by atoms with Gasteiger partial charge in [0, 0.05) is 19.1 Å². The normalized spacial score (nSPS) is 22.1. The Hall–Kier alpha value is -1.64. The Balaban J connectivity index is 1.93. The standard InChI is InChI=1S/C18H21NO/c1-20-13-15-9-5-6-10-16(15)18-17(11-12-19-18)14-7-3-2-4-8-14/h2-10,17-19H,11-13H2,1H3. The zero-order valence-electron chi connectivity index (χ0n) is 11.9. The summed E-state index contributed by atoms with van der Waals surface area (Å²) in [7, 11) is 1.76. The van der Waals surface area contributed by atoms with Gasteiger partial charge in [-0.15, -0.1) is 0 Å². The van der Waals surface area contributed by atoms with Crippen molar-refractivity contribution in [3.05, 3.63) is 71.3 Å². The molecule has 0 bridgehead atoms. The number of rotatable bonds is 4. The van der Waals surface area contributed by atoms with Crippen molar-refractivity contribution in [1.82, 2.24) is 5.32 Å². The predicted octanol–water partition coefficient (Wildman–Crippen LogP) is 3.65. The first-order valence-electron chi connectivity index (χ1n) is 7.25. The Bertz CT molecular complexity index is 552. The number of methoxy groups -OCH3 is 1. The van der Waals surface area contributed by atoms with E-state index in [0.717, 1.165) is 6.54 Å². The second-order valence-electron chi connectivity index (χ2n) is 5.37. The summed E-state index contributed by atoms with van der Waals surface area (Å²) in [5.74, 6) is 0.550. The number of hydrogen-bond acceptors (Lipinski definition) is 2. The van der Waals surface area contributed by atoms with Gasteiger partial charge in [-0.05, 0) is 29.7 Å². The van der Waals surface area contributed by atoms with Crippen LogP contribution in [0.25, 0.3) is 0 Å². The molecule has 1 saturated heterocycles. The fraction of sp³-hybridized carbons (Fsp3) is 0.333. The minimum absolute atomic E-state index is 0.392. The zero-order chi connectivity index (χ0) is 13.8. The first kappa shape index (κ1) is 13.3. The van der Waals surface area contributed by atoms with Gasteiger partial charge >= 0.3 is 0 Å².